The molecule has 204 valence electrons. The second-order valence-electron chi connectivity index (χ2n) is 10.9. The van der Waals surface area contributed by atoms with Gasteiger partial charge in [0.1, 0.15) is 5.82 Å². The van der Waals surface area contributed by atoms with Crippen LogP contribution >= 0.6 is 11.6 Å². The molecular formula is C29H46ClFN2O3. The molecule has 1 saturated carbocycles. The SMILES string of the molecule is CCC[C@H](CC1CCCCC1)NC(=O)N1CCC[C@@H]([C@@](O)(CCCCOC)c2cccc(Cl)c2F)C1. The number of hydrogen-bond acceptors (Lipinski definition) is 3. The summed E-state index contributed by atoms with van der Waals surface area (Å²) in [7, 11) is 1.65. The van der Waals surface area contributed by atoms with E-state index in [0.29, 0.717) is 38.5 Å². The fraction of sp³-hybridized carbons (Fsp3) is 0.759. The summed E-state index contributed by atoms with van der Waals surface area (Å²) < 4.78 is 20.3. The lowest BCUT2D eigenvalue weighted by Crippen LogP contribution is -2.53. The van der Waals surface area contributed by atoms with Gasteiger partial charge in [0, 0.05) is 44.3 Å². The van der Waals surface area contributed by atoms with Crippen LogP contribution in [0.15, 0.2) is 18.2 Å². The summed E-state index contributed by atoms with van der Waals surface area (Å²) in [6, 6.07) is 4.96. The van der Waals surface area contributed by atoms with Crippen molar-refractivity contribution in [2.45, 2.75) is 102 Å². The lowest BCUT2D eigenvalue weighted by molar-refractivity contribution is -0.0587. The van der Waals surface area contributed by atoms with Crippen LogP contribution in [-0.4, -0.2) is 48.9 Å². The number of halogens is 2. The highest BCUT2D eigenvalue weighted by molar-refractivity contribution is 6.30. The first-order valence-corrected chi connectivity index (χ1v) is 14.5. The molecule has 0 aromatic heterocycles. The monoisotopic (exact) mass is 524 g/mol. The average Bonchev–Trinajstić information content (AvgIpc) is 2.89. The lowest BCUT2D eigenvalue weighted by Gasteiger charge is -2.43. The van der Waals surface area contributed by atoms with Gasteiger partial charge in [-0.05, 0) is 56.9 Å². The maximum Gasteiger partial charge on any atom is 0.317 e. The molecule has 2 fully saturated rings. The molecule has 0 unspecified atom stereocenters. The predicted octanol–water partition coefficient (Wildman–Crippen LogP) is 7.04. The van der Waals surface area contributed by atoms with Crippen molar-refractivity contribution in [3.63, 3.8) is 0 Å². The van der Waals surface area contributed by atoms with Crippen molar-refractivity contribution in [3.05, 3.63) is 34.6 Å². The molecule has 1 aliphatic heterocycles. The third-order valence-corrected chi connectivity index (χ3v) is 8.56. The van der Waals surface area contributed by atoms with Crippen LogP contribution in [0.2, 0.25) is 5.02 Å². The van der Waals surface area contributed by atoms with Gasteiger partial charge in [0.15, 0.2) is 0 Å². The summed E-state index contributed by atoms with van der Waals surface area (Å²) in [4.78, 5) is 15.2. The first kappa shape index (κ1) is 29.2. The van der Waals surface area contributed by atoms with E-state index in [0.717, 1.165) is 38.5 Å². The van der Waals surface area contributed by atoms with Crippen molar-refractivity contribution in [1.82, 2.24) is 10.2 Å². The first-order chi connectivity index (χ1) is 17.4. The fourth-order valence-corrected chi connectivity index (χ4v) is 6.45. The Morgan fingerprint density at radius 2 is 2.03 bits per heavy atom. The minimum Gasteiger partial charge on any atom is -0.385 e. The van der Waals surface area contributed by atoms with Crippen molar-refractivity contribution in [2.75, 3.05) is 26.8 Å². The molecule has 0 bridgehead atoms. The van der Waals surface area contributed by atoms with E-state index in [1.165, 1.54) is 38.2 Å². The molecule has 1 saturated heterocycles. The molecule has 3 rings (SSSR count). The lowest BCUT2D eigenvalue weighted by atomic mass is 9.74. The van der Waals surface area contributed by atoms with Crippen LogP contribution in [0.1, 0.15) is 96.0 Å². The summed E-state index contributed by atoms with van der Waals surface area (Å²) in [5.74, 6) is -0.131. The number of rotatable bonds is 12. The minimum atomic E-state index is -1.40. The number of unbranched alkanes of at least 4 members (excludes halogenated alkanes) is 1. The summed E-state index contributed by atoms with van der Waals surface area (Å²) >= 11 is 6.11. The molecule has 2 aliphatic rings. The van der Waals surface area contributed by atoms with Gasteiger partial charge in [-0.25, -0.2) is 9.18 Å². The number of aliphatic hydroxyl groups is 1. The third-order valence-electron chi connectivity index (χ3n) is 8.27. The van der Waals surface area contributed by atoms with Crippen molar-refractivity contribution >= 4 is 17.6 Å². The van der Waals surface area contributed by atoms with Crippen molar-refractivity contribution in [2.24, 2.45) is 11.8 Å². The highest BCUT2D eigenvalue weighted by Gasteiger charge is 2.43. The standard InChI is InChI=1S/C29H46ClFN2O3/c1-3-11-24(20-22-12-5-4-6-13-22)32-28(34)33-18-10-14-23(21-33)29(35,17-7-8-19-36-2)25-15-9-16-26(30)27(25)31/h9,15-16,22-24,35H,3-8,10-14,17-21H2,1-2H3,(H,32,34)/t23-,24-,29+/m1/s1. The quantitative estimate of drug-likeness (QED) is 0.288. The number of nitrogens with zero attached hydrogens (tertiary/aromatic N) is 1. The number of piperidine rings is 1. The van der Waals surface area contributed by atoms with Gasteiger partial charge in [-0.2, -0.15) is 0 Å². The molecule has 5 nitrogen and oxygen atoms in total. The zero-order chi connectivity index (χ0) is 26.0. The number of likely N-dealkylation sites (tertiary alicyclic amines) is 1. The van der Waals surface area contributed by atoms with Gasteiger partial charge in [-0.3, -0.25) is 0 Å². The van der Waals surface area contributed by atoms with Crippen LogP contribution in [0, 0.1) is 17.7 Å². The van der Waals surface area contributed by atoms with Crippen LogP contribution in [0.4, 0.5) is 9.18 Å². The Hall–Kier alpha value is -1.37. The first-order valence-electron chi connectivity index (χ1n) is 14.1. The Balaban J connectivity index is 1.72. The van der Waals surface area contributed by atoms with E-state index in [1.54, 1.807) is 19.2 Å². The number of benzene rings is 1. The van der Waals surface area contributed by atoms with Gasteiger partial charge in [0.2, 0.25) is 0 Å². The number of hydrogen-bond donors (Lipinski definition) is 2. The maximum absolute atomic E-state index is 15.2. The zero-order valence-corrected chi connectivity index (χ0v) is 23.0. The van der Waals surface area contributed by atoms with Gasteiger partial charge >= 0.3 is 6.03 Å². The summed E-state index contributed by atoms with van der Waals surface area (Å²) in [5.41, 5.74) is -1.16. The number of amides is 2. The Bertz CT molecular complexity index is 820. The maximum atomic E-state index is 15.2. The molecule has 36 heavy (non-hydrogen) atoms. The molecule has 3 atom stereocenters. The molecule has 1 aromatic rings. The van der Waals surface area contributed by atoms with Crippen molar-refractivity contribution in [3.8, 4) is 0 Å². The van der Waals surface area contributed by atoms with Crippen molar-refractivity contribution < 1.29 is 19.0 Å². The molecule has 1 aliphatic carbocycles. The molecule has 7 heteroatoms. The van der Waals surface area contributed by atoms with Gasteiger partial charge < -0.3 is 20.1 Å². The Morgan fingerprint density at radius 1 is 1.25 bits per heavy atom. The second-order valence-corrected chi connectivity index (χ2v) is 11.3. The van der Waals surface area contributed by atoms with E-state index in [9.17, 15) is 9.90 Å². The van der Waals surface area contributed by atoms with E-state index in [4.69, 9.17) is 16.3 Å². The topological polar surface area (TPSA) is 61.8 Å². The highest BCUT2D eigenvalue weighted by Crippen LogP contribution is 2.42. The Kier molecular flexibility index (Phi) is 11.8. The fourth-order valence-electron chi connectivity index (χ4n) is 6.28. The van der Waals surface area contributed by atoms with Crippen LogP contribution in [0.25, 0.3) is 0 Å². The van der Waals surface area contributed by atoms with Crippen molar-refractivity contribution in [1.29, 1.82) is 0 Å². The number of ether oxygens (including phenoxy) is 1. The molecule has 1 aromatic carbocycles. The number of carbonyl (C=O) groups is 1. The number of carbonyl (C=O) groups excluding carboxylic acids is 1. The van der Waals surface area contributed by atoms with Gasteiger partial charge in [0.05, 0.1) is 10.6 Å². The molecule has 0 radical (unpaired) electrons. The van der Waals surface area contributed by atoms with Gasteiger partial charge in [-0.15, -0.1) is 0 Å². The molecule has 2 N–H and O–H groups in total. The summed E-state index contributed by atoms with van der Waals surface area (Å²) in [6.45, 7) is 3.82. The van der Waals surface area contributed by atoms with E-state index >= 15 is 4.39 Å². The zero-order valence-electron chi connectivity index (χ0n) is 22.2. The van der Waals surface area contributed by atoms with Gasteiger partial charge in [0.25, 0.3) is 0 Å². The Labute approximate surface area is 222 Å². The van der Waals surface area contributed by atoms with Crippen LogP contribution in [0.3, 0.4) is 0 Å². The number of methoxy groups -OCH3 is 1. The normalized spacial score (nSPS) is 21.7. The van der Waals surface area contributed by atoms with Crippen LogP contribution < -0.4 is 5.32 Å². The van der Waals surface area contributed by atoms with Gasteiger partial charge in [-0.1, -0.05) is 69.2 Å². The number of urea groups is 1. The molecule has 2 amide bonds. The van der Waals surface area contributed by atoms with E-state index < -0.39 is 11.4 Å². The Morgan fingerprint density at radius 3 is 2.75 bits per heavy atom. The van der Waals surface area contributed by atoms with Crippen LogP contribution in [-0.2, 0) is 10.3 Å². The second kappa shape index (κ2) is 14.5. The largest absolute Gasteiger partial charge is 0.385 e. The smallest absolute Gasteiger partial charge is 0.317 e. The third kappa shape index (κ3) is 7.82. The predicted molar refractivity (Wildman–Crippen MR) is 144 cm³/mol. The van der Waals surface area contributed by atoms with E-state index in [2.05, 4.69) is 12.2 Å². The van der Waals surface area contributed by atoms with E-state index in [-0.39, 0.29) is 28.6 Å². The summed E-state index contributed by atoms with van der Waals surface area (Å²) in [6.07, 6.45) is 12.9. The minimum absolute atomic E-state index is 0.0124. The molecule has 1 heterocycles. The number of nitrogens with one attached hydrogen (secondary N) is 1. The summed E-state index contributed by atoms with van der Waals surface area (Å²) in [5, 5.41) is 15.3. The molecular weight excluding hydrogens is 479 g/mol. The average molecular weight is 525 g/mol. The highest BCUT2D eigenvalue weighted by atomic mass is 35.5. The molecule has 0 spiro atoms. The van der Waals surface area contributed by atoms with E-state index in [1.807, 2.05) is 4.90 Å². The van der Waals surface area contributed by atoms with Crippen LogP contribution in [0.5, 0.6) is 0 Å².